The molecule has 0 spiro atoms. The lowest BCUT2D eigenvalue weighted by atomic mass is 10.2. The van der Waals surface area contributed by atoms with Gasteiger partial charge in [-0.25, -0.2) is 17.6 Å². The molecule has 1 heterocycles. The molecule has 0 radical (unpaired) electrons. The van der Waals surface area contributed by atoms with Crippen molar-refractivity contribution >= 4 is 21.7 Å². The molecule has 0 bridgehead atoms. The molecule has 0 amide bonds. The Morgan fingerprint density at radius 2 is 2.05 bits per heavy atom. The highest BCUT2D eigenvalue weighted by Crippen LogP contribution is 2.29. The second-order valence-corrected chi connectivity index (χ2v) is 4.47. The van der Waals surface area contributed by atoms with Gasteiger partial charge in [-0.1, -0.05) is 5.16 Å². The minimum Gasteiger partial charge on any atom is -0.338 e. The van der Waals surface area contributed by atoms with Crippen LogP contribution < -0.4 is 0 Å². The van der Waals surface area contributed by atoms with E-state index in [0.717, 1.165) is 6.07 Å². The van der Waals surface area contributed by atoms with Crippen LogP contribution in [0.5, 0.6) is 0 Å². The van der Waals surface area contributed by atoms with Crippen molar-refractivity contribution in [3.8, 4) is 11.4 Å². The zero-order valence-electron chi connectivity index (χ0n) is 9.54. The van der Waals surface area contributed by atoms with Gasteiger partial charge in [0, 0.05) is 5.56 Å². The number of hydrogen-bond donors (Lipinski definition) is 0. The summed E-state index contributed by atoms with van der Waals surface area (Å²) in [6.07, 6.45) is -3.87. The second kappa shape index (κ2) is 5.70. The molecule has 9 heteroatoms. The minimum atomic E-state index is -3.14. The van der Waals surface area contributed by atoms with Crippen LogP contribution in [-0.2, 0) is 11.2 Å². The Morgan fingerprint density at radius 1 is 1.35 bits per heavy atom. The van der Waals surface area contributed by atoms with Crippen LogP contribution in [0.4, 0.5) is 17.6 Å². The summed E-state index contributed by atoms with van der Waals surface area (Å²) < 4.78 is 54.8. The molecule has 1 aromatic carbocycles. The number of halogens is 5. The lowest BCUT2D eigenvalue weighted by Crippen LogP contribution is -2.12. The first kappa shape index (κ1) is 14.6. The third kappa shape index (κ3) is 2.87. The Morgan fingerprint density at radius 3 is 2.70 bits per heavy atom. The molecular weight excluding hydrogens is 348 g/mol. The van der Waals surface area contributed by atoms with Crippen LogP contribution in [0.1, 0.15) is 5.89 Å². The molecular formula is C11H5BrF4N2O2. The molecule has 20 heavy (non-hydrogen) atoms. The Labute approximate surface area is 117 Å². The zero-order chi connectivity index (χ0) is 14.9. The van der Waals surface area contributed by atoms with Crippen LogP contribution in [0.15, 0.2) is 21.1 Å². The lowest BCUT2D eigenvalue weighted by Gasteiger charge is -2.00. The summed E-state index contributed by atoms with van der Waals surface area (Å²) in [4.78, 5) is 14.5. The predicted molar refractivity (Wildman–Crippen MR) is 62.1 cm³/mol. The van der Waals surface area contributed by atoms with E-state index >= 15 is 0 Å². The first-order valence-corrected chi connectivity index (χ1v) is 5.96. The van der Waals surface area contributed by atoms with Gasteiger partial charge in [-0.15, -0.1) is 0 Å². The summed E-state index contributed by atoms with van der Waals surface area (Å²) in [5, 5.41) is 3.43. The minimum absolute atomic E-state index is 0.0726. The van der Waals surface area contributed by atoms with Crippen molar-refractivity contribution in [2.45, 2.75) is 12.8 Å². The largest absolute Gasteiger partial charge is 0.338 e. The SMILES string of the molecule is O=C(Cc1nc(-c2ccc(F)c(F)c2Br)no1)C(F)F. The highest BCUT2D eigenvalue weighted by atomic mass is 79.9. The maximum atomic E-state index is 13.3. The molecule has 106 valence electrons. The van der Waals surface area contributed by atoms with Crippen molar-refractivity contribution in [2.24, 2.45) is 0 Å². The standard InChI is InChI=1S/C11H5BrF4N2O2/c12-8-4(1-2-5(13)9(8)14)11-17-7(20-18-11)3-6(19)10(15)16/h1-2,10H,3H2. The van der Waals surface area contributed by atoms with E-state index in [-0.39, 0.29) is 21.8 Å². The van der Waals surface area contributed by atoms with Gasteiger partial charge in [-0.3, -0.25) is 4.79 Å². The second-order valence-electron chi connectivity index (χ2n) is 3.68. The fourth-order valence-electron chi connectivity index (χ4n) is 1.36. The quantitative estimate of drug-likeness (QED) is 0.626. The molecule has 0 aliphatic carbocycles. The highest BCUT2D eigenvalue weighted by molar-refractivity contribution is 9.10. The van der Waals surface area contributed by atoms with Crippen molar-refractivity contribution in [2.75, 3.05) is 0 Å². The number of carbonyl (C=O) groups is 1. The third-order valence-corrected chi connectivity index (χ3v) is 3.09. The Kier molecular flexibility index (Phi) is 4.17. The Bertz CT molecular complexity index is 660. The van der Waals surface area contributed by atoms with E-state index in [1.807, 2.05) is 0 Å². The van der Waals surface area contributed by atoms with Crippen molar-refractivity contribution in [3.63, 3.8) is 0 Å². The number of hydrogen-bond acceptors (Lipinski definition) is 4. The molecule has 0 saturated heterocycles. The smallest absolute Gasteiger partial charge is 0.296 e. The number of Topliss-reactive ketones (excluding diaryl/α,β-unsaturated/α-hetero) is 1. The van der Waals surface area contributed by atoms with E-state index in [1.54, 1.807) is 0 Å². The van der Waals surface area contributed by atoms with Gasteiger partial charge in [0.15, 0.2) is 11.6 Å². The van der Waals surface area contributed by atoms with Gasteiger partial charge in [0.2, 0.25) is 17.5 Å². The maximum Gasteiger partial charge on any atom is 0.296 e. The van der Waals surface area contributed by atoms with Crippen LogP contribution in [0.25, 0.3) is 11.4 Å². The number of alkyl halides is 2. The first-order chi connectivity index (χ1) is 9.40. The van der Waals surface area contributed by atoms with Crippen molar-refractivity contribution in [3.05, 3.63) is 34.1 Å². The molecule has 0 fully saturated rings. The molecule has 4 nitrogen and oxygen atoms in total. The van der Waals surface area contributed by atoms with E-state index in [1.165, 1.54) is 6.07 Å². The normalized spacial score (nSPS) is 11.1. The number of benzene rings is 1. The van der Waals surface area contributed by atoms with Crippen LogP contribution in [0.3, 0.4) is 0 Å². The molecule has 2 rings (SSSR count). The van der Waals surface area contributed by atoms with Gasteiger partial charge < -0.3 is 4.52 Å². The number of carbonyl (C=O) groups excluding carboxylic acids is 1. The van der Waals surface area contributed by atoms with Gasteiger partial charge in [0.05, 0.1) is 10.9 Å². The number of aromatic nitrogens is 2. The number of rotatable bonds is 4. The first-order valence-electron chi connectivity index (χ1n) is 5.17. The average Bonchev–Trinajstić information content (AvgIpc) is 2.84. The third-order valence-electron chi connectivity index (χ3n) is 2.31. The molecule has 0 atom stereocenters. The molecule has 0 saturated carbocycles. The summed E-state index contributed by atoms with van der Waals surface area (Å²) in [6.45, 7) is 0. The highest BCUT2D eigenvalue weighted by Gasteiger charge is 2.21. The van der Waals surface area contributed by atoms with E-state index in [0.29, 0.717) is 0 Å². The van der Waals surface area contributed by atoms with Crippen molar-refractivity contribution < 1.29 is 26.9 Å². The van der Waals surface area contributed by atoms with Gasteiger partial charge in [-0.05, 0) is 28.1 Å². The van der Waals surface area contributed by atoms with Gasteiger partial charge in [0.1, 0.15) is 0 Å². The van der Waals surface area contributed by atoms with Gasteiger partial charge >= 0.3 is 0 Å². The van der Waals surface area contributed by atoms with Crippen molar-refractivity contribution in [1.82, 2.24) is 10.1 Å². The van der Waals surface area contributed by atoms with Gasteiger partial charge in [0.25, 0.3) is 6.43 Å². The summed E-state index contributed by atoms with van der Waals surface area (Å²) in [6, 6.07) is 2.04. The molecule has 0 aliphatic heterocycles. The fraction of sp³-hybridized carbons (Fsp3) is 0.182. The number of nitrogens with zero attached hydrogens (tertiary/aromatic N) is 2. The summed E-state index contributed by atoms with van der Waals surface area (Å²) >= 11 is 2.83. The average molecular weight is 353 g/mol. The Balaban J connectivity index is 2.30. The van der Waals surface area contributed by atoms with E-state index < -0.39 is 30.3 Å². The summed E-state index contributed by atoms with van der Waals surface area (Å²) in [5.41, 5.74) is 0.0726. The van der Waals surface area contributed by atoms with Gasteiger partial charge in [-0.2, -0.15) is 4.98 Å². The lowest BCUT2D eigenvalue weighted by molar-refractivity contribution is -0.129. The van der Waals surface area contributed by atoms with E-state index in [4.69, 9.17) is 0 Å². The maximum absolute atomic E-state index is 13.3. The fourth-order valence-corrected chi connectivity index (χ4v) is 1.86. The number of ketones is 1. The monoisotopic (exact) mass is 352 g/mol. The van der Waals surface area contributed by atoms with E-state index in [9.17, 15) is 22.4 Å². The zero-order valence-corrected chi connectivity index (χ0v) is 11.1. The molecule has 0 unspecified atom stereocenters. The summed E-state index contributed by atoms with van der Waals surface area (Å²) in [7, 11) is 0. The van der Waals surface area contributed by atoms with Crippen LogP contribution in [-0.4, -0.2) is 22.3 Å². The van der Waals surface area contributed by atoms with Crippen LogP contribution in [0, 0.1) is 11.6 Å². The summed E-state index contributed by atoms with van der Waals surface area (Å²) in [5.74, 6) is -4.06. The molecule has 2 aromatic rings. The molecule has 0 aliphatic rings. The van der Waals surface area contributed by atoms with Crippen molar-refractivity contribution in [1.29, 1.82) is 0 Å². The van der Waals surface area contributed by atoms with Crippen LogP contribution in [0.2, 0.25) is 0 Å². The predicted octanol–water partition coefficient (Wildman–Crippen LogP) is 3.15. The Hall–Kier alpha value is -1.77. The van der Waals surface area contributed by atoms with Crippen LogP contribution >= 0.6 is 15.9 Å². The molecule has 1 aromatic heterocycles. The molecule has 0 N–H and O–H groups in total. The van der Waals surface area contributed by atoms with E-state index in [2.05, 4.69) is 30.6 Å². The topological polar surface area (TPSA) is 56.0 Å².